The number of ether oxygens (including phenoxy) is 1. The molecule has 0 saturated carbocycles. The largest absolute Gasteiger partial charge is 0.811 e. The van der Waals surface area contributed by atoms with Gasteiger partial charge in [-0.05, 0) is 24.3 Å². The van der Waals surface area contributed by atoms with Crippen molar-refractivity contribution in [3.63, 3.8) is 0 Å². The third-order valence-electron chi connectivity index (χ3n) is 3.44. The topological polar surface area (TPSA) is 101 Å². The van der Waals surface area contributed by atoms with Crippen molar-refractivity contribution in [3.05, 3.63) is 84.1 Å². The van der Waals surface area contributed by atoms with Gasteiger partial charge < -0.3 is 15.5 Å². The molecule has 6 nitrogen and oxygen atoms in total. The third kappa shape index (κ3) is 5.54. The number of para-hydroxylation sites is 1. The Morgan fingerprint density at radius 3 is 2.65 bits per heavy atom. The number of hydrogen-bond acceptors (Lipinski definition) is 4. The highest BCUT2D eigenvalue weighted by Gasteiger charge is 2.12. The van der Waals surface area contributed by atoms with Crippen LogP contribution in [0, 0.1) is 5.41 Å². The fraction of sp³-hybridized carbons (Fsp3) is 0.0500. The molecule has 26 heavy (non-hydrogen) atoms. The quantitative estimate of drug-likeness (QED) is 0.369. The molecular weight excluding hydrogens is 328 g/mol. The Bertz CT molecular complexity index is 842. The molecule has 0 bridgehead atoms. The zero-order valence-electron chi connectivity index (χ0n) is 14.3. The second-order valence-electron chi connectivity index (χ2n) is 5.26. The first-order valence-electron chi connectivity index (χ1n) is 7.92. The number of allylic oxidation sites excluding steroid dienone is 3. The molecule has 0 unspecified atom stereocenters. The van der Waals surface area contributed by atoms with Crippen LogP contribution in [0.1, 0.15) is 0 Å². The molecule has 0 fully saturated rings. The van der Waals surface area contributed by atoms with Gasteiger partial charge in [-0.15, -0.1) is 0 Å². The summed E-state index contributed by atoms with van der Waals surface area (Å²) < 4.78 is 5.15. The predicted octanol–water partition coefficient (Wildman–Crippen LogP) is 2.63. The summed E-state index contributed by atoms with van der Waals surface area (Å²) in [6, 6.07) is 16.5. The molecule has 0 spiro atoms. The molecule has 4 N–H and O–H groups in total. The van der Waals surface area contributed by atoms with E-state index in [2.05, 4.69) is 5.32 Å². The van der Waals surface area contributed by atoms with Crippen LogP contribution >= 0.6 is 0 Å². The van der Waals surface area contributed by atoms with E-state index in [0.717, 1.165) is 17.7 Å². The summed E-state index contributed by atoms with van der Waals surface area (Å²) in [7, 11) is 1.59. The third-order valence-corrected chi connectivity index (χ3v) is 3.44. The lowest BCUT2D eigenvalue weighted by Gasteiger charge is -2.10. The SMILES string of the molecule is COc1cccc([NH2+]/C=C\C(=O)C(=N)/C(=C/C=[N-])Nc2ccccc2)c1. The number of ketones is 1. The number of quaternary nitrogens is 1. The highest BCUT2D eigenvalue weighted by atomic mass is 16.5. The zero-order chi connectivity index (χ0) is 18.8. The molecule has 2 aromatic rings. The molecule has 0 atom stereocenters. The molecule has 2 aromatic carbocycles. The number of rotatable bonds is 9. The van der Waals surface area contributed by atoms with E-state index in [4.69, 9.17) is 15.6 Å². The van der Waals surface area contributed by atoms with Gasteiger partial charge >= 0.3 is 0 Å². The Balaban J connectivity index is 2.02. The van der Waals surface area contributed by atoms with Crippen LogP contribution in [-0.4, -0.2) is 24.8 Å². The maximum absolute atomic E-state index is 12.2. The molecule has 0 radical (unpaired) electrons. The summed E-state index contributed by atoms with van der Waals surface area (Å²) in [5.41, 5.74) is 1.54. The van der Waals surface area contributed by atoms with E-state index in [0.29, 0.717) is 5.69 Å². The Labute approximate surface area is 152 Å². The van der Waals surface area contributed by atoms with Crippen LogP contribution < -0.4 is 15.4 Å². The second kappa shape index (κ2) is 9.71. The van der Waals surface area contributed by atoms with Crippen LogP contribution in [0.25, 0.3) is 5.41 Å². The van der Waals surface area contributed by atoms with Gasteiger partial charge in [-0.3, -0.25) is 15.5 Å². The Hall–Kier alpha value is -3.51. The number of anilines is 1. The van der Waals surface area contributed by atoms with E-state index in [1.165, 1.54) is 12.2 Å². The highest BCUT2D eigenvalue weighted by Crippen LogP contribution is 2.12. The summed E-state index contributed by atoms with van der Waals surface area (Å²) in [6.45, 7) is 0. The predicted molar refractivity (Wildman–Crippen MR) is 104 cm³/mol. The molecule has 0 aliphatic rings. The standard InChI is InChI=1S/C20H19N4O2/c1-26-17-9-5-8-16(14-17)23-13-11-19(25)20(22)18(10-12-21)24-15-6-3-2-4-7-15/h2-14,22-24H,1H3/q-1/p+1/b13-11-,18-10-,22-20?. The van der Waals surface area contributed by atoms with Gasteiger partial charge in [-0.2, -0.15) is 6.21 Å². The minimum atomic E-state index is -0.485. The maximum atomic E-state index is 12.2. The van der Waals surface area contributed by atoms with E-state index in [1.54, 1.807) is 30.8 Å². The normalized spacial score (nSPS) is 11.2. The van der Waals surface area contributed by atoms with Crippen LogP contribution in [0.2, 0.25) is 0 Å². The zero-order valence-corrected chi connectivity index (χ0v) is 14.3. The number of nitrogens with zero attached hydrogens (tertiary/aromatic N) is 1. The van der Waals surface area contributed by atoms with E-state index < -0.39 is 5.78 Å². The van der Waals surface area contributed by atoms with Crippen LogP contribution in [0.15, 0.2) is 78.6 Å². The van der Waals surface area contributed by atoms with Crippen molar-refractivity contribution in [1.29, 1.82) is 5.41 Å². The highest BCUT2D eigenvalue weighted by molar-refractivity contribution is 6.49. The molecule has 0 amide bonds. The Morgan fingerprint density at radius 1 is 1.19 bits per heavy atom. The average Bonchev–Trinajstić information content (AvgIpc) is 2.68. The van der Waals surface area contributed by atoms with Crippen LogP contribution in [0.3, 0.4) is 0 Å². The summed E-state index contributed by atoms with van der Waals surface area (Å²) >= 11 is 0. The van der Waals surface area contributed by atoms with Gasteiger partial charge in [0, 0.05) is 17.8 Å². The minimum Gasteiger partial charge on any atom is -0.811 e. The first-order chi connectivity index (χ1) is 12.6. The molecule has 2 rings (SSSR count). The number of nitrogens with one attached hydrogen (secondary N) is 2. The number of carbonyl (C=O) groups excluding carboxylic acids is 1. The van der Waals surface area contributed by atoms with Crippen molar-refractivity contribution in [1.82, 2.24) is 0 Å². The molecule has 6 heteroatoms. The van der Waals surface area contributed by atoms with E-state index in [-0.39, 0.29) is 11.4 Å². The fourth-order valence-corrected chi connectivity index (χ4v) is 2.15. The molecule has 0 aliphatic carbocycles. The molecule has 0 heterocycles. The van der Waals surface area contributed by atoms with E-state index in [1.807, 2.05) is 42.5 Å². The van der Waals surface area contributed by atoms with Gasteiger partial charge in [0.05, 0.1) is 12.8 Å². The van der Waals surface area contributed by atoms with Crippen molar-refractivity contribution in [2.24, 2.45) is 0 Å². The van der Waals surface area contributed by atoms with E-state index >= 15 is 0 Å². The number of benzene rings is 2. The fourth-order valence-electron chi connectivity index (χ4n) is 2.15. The maximum Gasteiger partial charge on any atom is 0.210 e. The first kappa shape index (κ1) is 18.8. The van der Waals surface area contributed by atoms with Gasteiger partial charge in [0.1, 0.15) is 23.3 Å². The van der Waals surface area contributed by atoms with Crippen molar-refractivity contribution < 1.29 is 14.8 Å². The number of nitrogens with two attached hydrogens (primary N) is 1. The summed E-state index contributed by atoms with van der Waals surface area (Å²) in [6.07, 6.45) is 4.94. The second-order valence-corrected chi connectivity index (χ2v) is 5.26. The lowest BCUT2D eigenvalue weighted by molar-refractivity contribution is -0.496. The van der Waals surface area contributed by atoms with Crippen molar-refractivity contribution in [2.75, 3.05) is 12.4 Å². The lowest BCUT2D eigenvalue weighted by atomic mass is 10.1. The lowest BCUT2D eigenvalue weighted by Crippen LogP contribution is -2.71. The summed E-state index contributed by atoms with van der Waals surface area (Å²) in [4.78, 5) is 12.2. The van der Waals surface area contributed by atoms with Gasteiger partial charge in [0.25, 0.3) is 0 Å². The average molecular weight is 348 g/mol. The van der Waals surface area contributed by atoms with Crippen LogP contribution in [0.5, 0.6) is 5.75 Å². The number of methoxy groups -OCH3 is 1. The van der Waals surface area contributed by atoms with Crippen molar-refractivity contribution in [2.45, 2.75) is 0 Å². The summed E-state index contributed by atoms with van der Waals surface area (Å²) in [5, 5.41) is 21.8. The number of carbonyl (C=O) groups is 1. The van der Waals surface area contributed by atoms with Crippen molar-refractivity contribution in [3.8, 4) is 5.75 Å². The summed E-state index contributed by atoms with van der Waals surface area (Å²) in [5.74, 6) is 0.239. The monoisotopic (exact) mass is 348 g/mol. The van der Waals surface area contributed by atoms with Gasteiger partial charge in [0.2, 0.25) is 5.78 Å². The van der Waals surface area contributed by atoms with Crippen LogP contribution in [-0.2, 0) is 4.79 Å². The molecule has 132 valence electrons. The van der Waals surface area contributed by atoms with Crippen LogP contribution in [0.4, 0.5) is 11.4 Å². The molecular formula is C20H20N4O2. The van der Waals surface area contributed by atoms with E-state index in [9.17, 15) is 4.79 Å². The van der Waals surface area contributed by atoms with Gasteiger partial charge in [-0.1, -0.05) is 30.3 Å². The van der Waals surface area contributed by atoms with Gasteiger partial charge in [-0.25, -0.2) is 0 Å². The molecule has 0 saturated heterocycles. The Morgan fingerprint density at radius 2 is 1.96 bits per heavy atom. The molecule has 0 aromatic heterocycles. The first-order valence-corrected chi connectivity index (χ1v) is 7.92. The van der Waals surface area contributed by atoms with Gasteiger partial charge in [0.15, 0.2) is 0 Å². The molecule has 0 aliphatic heterocycles. The number of hydrogen-bond donors (Lipinski definition) is 3. The Kier molecular flexibility index (Phi) is 7.03. The minimum absolute atomic E-state index is 0.203. The smallest absolute Gasteiger partial charge is 0.210 e. The van der Waals surface area contributed by atoms with Crippen molar-refractivity contribution >= 4 is 29.1 Å².